The van der Waals surface area contributed by atoms with Gasteiger partial charge in [0, 0.05) is 19.6 Å². The van der Waals surface area contributed by atoms with E-state index in [9.17, 15) is 4.79 Å². The van der Waals surface area contributed by atoms with Gasteiger partial charge in [-0.3, -0.25) is 9.80 Å². The molecular formula is C7H14N2O. The van der Waals surface area contributed by atoms with Crippen LogP contribution < -0.4 is 0 Å². The highest BCUT2D eigenvalue weighted by molar-refractivity contribution is 5.45. The molecule has 0 saturated carbocycles. The van der Waals surface area contributed by atoms with Crippen molar-refractivity contribution < 1.29 is 4.79 Å². The van der Waals surface area contributed by atoms with E-state index in [1.807, 2.05) is 6.92 Å². The second-order valence-electron chi connectivity index (χ2n) is 2.52. The van der Waals surface area contributed by atoms with Gasteiger partial charge in [-0.25, -0.2) is 5.01 Å². The van der Waals surface area contributed by atoms with E-state index in [1.165, 1.54) is 12.8 Å². The van der Waals surface area contributed by atoms with Crippen molar-refractivity contribution in [2.75, 3.05) is 19.6 Å². The first-order chi connectivity index (χ1) is 4.88. The topological polar surface area (TPSA) is 23.6 Å². The summed E-state index contributed by atoms with van der Waals surface area (Å²) in [5.74, 6) is 0. The Hall–Kier alpha value is -0.570. The van der Waals surface area contributed by atoms with E-state index in [-0.39, 0.29) is 0 Å². The summed E-state index contributed by atoms with van der Waals surface area (Å²) in [5.41, 5.74) is 0. The van der Waals surface area contributed by atoms with Crippen LogP contribution in [0, 0.1) is 0 Å². The highest BCUT2D eigenvalue weighted by Crippen LogP contribution is 2.08. The van der Waals surface area contributed by atoms with Gasteiger partial charge in [-0.15, -0.1) is 0 Å². The zero-order valence-electron chi connectivity index (χ0n) is 6.42. The molecular weight excluding hydrogens is 128 g/mol. The van der Waals surface area contributed by atoms with Crippen LogP contribution in [0.1, 0.15) is 19.8 Å². The molecule has 0 bridgehead atoms. The number of rotatable bonds is 3. The van der Waals surface area contributed by atoms with Crippen LogP contribution in [0.2, 0.25) is 0 Å². The molecule has 0 aromatic heterocycles. The van der Waals surface area contributed by atoms with Crippen LogP contribution in [0.4, 0.5) is 0 Å². The van der Waals surface area contributed by atoms with Gasteiger partial charge < -0.3 is 0 Å². The van der Waals surface area contributed by atoms with E-state index in [0.717, 1.165) is 26.0 Å². The lowest BCUT2D eigenvalue weighted by Gasteiger charge is -2.25. The second kappa shape index (κ2) is 3.56. The molecule has 3 nitrogen and oxygen atoms in total. The van der Waals surface area contributed by atoms with Crippen LogP contribution in [-0.2, 0) is 4.79 Å². The molecule has 0 aromatic rings. The normalized spacial score (nSPS) is 19.3. The Morgan fingerprint density at radius 2 is 2.10 bits per heavy atom. The quantitative estimate of drug-likeness (QED) is 0.535. The zero-order valence-corrected chi connectivity index (χ0v) is 6.42. The second-order valence-corrected chi connectivity index (χ2v) is 2.52. The minimum Gasteiger partial charge on any atom is -0.278 e. The molecule has 58 valence electrons. The number of hydrogen-bond donors (Lipinski definition) is 0. The fourth-order valence-corrected chi connectivity index (χ4v) is 1.30. The Morgan fingerprint density at radius 1 is 1.50 bits per heavy atom. The van der Waals surface area contributed by atoms with Gasteiger partial charge in [0.1, 0.15) is 0 Å². The molecule has 1 heterocycles. The molecule has 1 fully saturated rings. The van der Waals surface area contributed by atoms with Crippen molar-refractivity contribution in [3.63, 3.8) is 0 Å². The fourth-order valence-electron chi connectivity index (χ4n) is 1.30. The highest BCUT2D eigenvalue weighted by Gasteiger charge is 2.15. The Bertz CT molecular complexity index is 110. The predicted molar refractivity (Wildman–Crippen MR) is 39.3 cm³/mol. The molecule has 0 aromatic carbocycles. The molecule has 1 aliphatic rings. The largest absolute Gasteiger partial charge is 0.278 e. The van der Waals surface area contributed by atoms with Gasteiger partial charge in [-0.05, 0) is 19.8 Å². The Kier molecular flexibility index (Phi) is 2.68. The number of carbonyl (C=O) groups is 1. The maximum Gasteiger partial charge on any atom is 0.224 e. The summed E-state index contributed by atoms with van der Waals surface area (Å²) in [5, 5.41) is 3.85. The number of amides is 1. The predicted octanol–water partition coefficient (Wildman–Crippen LogP) is 0.475. The van der Waals surface area contributed by atoms with Gasteiger partial charge in [-0.1, -0.05) is 0 Å². The number of nitrogens with zero attached hydrogens (tertiary/aromatic N) is 2. The molecule has 1 saturated heterocycles. The average molecular weight is 142 g/mol. The monoisotopic (exact) mass is 142 g/mol. The molecule has 0 aliphatic carbocycles. The van der Waals surface area contributed by atoms with Crippen LogP contribution in [0.25, 0.3) is 0 Å². The summed E-state index contributed by atoms with van der Waals surface area (Å²) in [6, 6.07) is 0. The van der Waals surface area contributed by atoms with Crippen molar-refractivity contribution >= 4 is 6.41 Å². The van der Waals surface area contributed by atoms with Gasteiger partial charge in [0.15, 0.2) is 0 Å². The molecule has 0 radical (unpaired) electrons. The molecule has 0 unspecified atom stereocenters. The maximum absolute atomic E-state index is 10.4. The third-order valence-corrected chi connectivity index (χ3v) is 1.89. The lowest BCUT2D eigenvalue weighted by molar-refractivity contribution is -0.132. The Balaban J connectivity index is 2.36. The molecule has 1 aliphatic heterocycles. The first-order valence-electron chi connectivity index (χ1n) is 3.85. The van der Waals surface area contributed by atoms with Gasteiger partial charge in [-0.2, -0.15) is 0 Å². The molecule has 1 rings (SSSR count). The zero-order chi connectivity index (χ0) is 7.40. The molecule has 0 atom stereocenters. The summed E-state index contributed by atoms with van der Waals surface area (Å²) >= 11 is 0. The van der Waals surface area contributed by atoms with E-state index >= 15 is 0 Å². The average Bonchev–Trinajstić information content (AvgIpc) is 2.43. The summed E-state index contributed by atoms with van der Waals surface area (Å²) < 4.78 is 0. The highest BCUT2D eigenvalue weighted by atomic mass is 16.1. The van der Waals surface area contributed by atoms with Crippen molar-refractivity contribution in [3.8, 4) is 0 Å². The van der Waals surface area contributed by atoms with E-state index < -0.39 is 0 Å². The Labute approximate surface area is 61.6 Å². The molecule has 0 N–H and O–H groups in total. The lowest BCUT2D eigenvalue weighted by Crippen LogP contribution is -2.39. The van der Waals surface area contributed by atoms with Gasteiger partial charge in [0.25, 0.3) is 0 Å². The third-order valence-electron chi connectivity index (χ3n) is 1.89. The number of hydrogen-bond acceptors (Lipinski definition) is 2. The summed E-state index contributed by atoms with van der Waals surface area (Å²) in [6.07, 6.45) is 3.36. The maximum atomic E-state index is 10.4. The van der Waals surface area contributed by atoms with Crippen molar-refractivity contribution in [1.82, 2.24) is 10.0 Å². The first kappa shape index (κ1) is 7.54. The summed E-state index contributed by atoms with van der Waals surface area (Å²) in [6.45, 7) is 4.88. The van der Waals surface area contributed by atoms with Crippen molar-refractivity contribution in [2.45, 2.75) is 19.8 Å². The van der Waals surface area contributed by atoms with Crippen molar-refractivity contribution in [3.05, 3.63) is 0 Å². The molecule has 3 heteroatoms. The van der Waals surface area contributed by atoms with Crippen molar-refractivity contribution in [1.29, 1.82) is 0 Å². The molecule has 0 spiro atoms. The minimum atomic E-state index is 0.795. The standard InChI is InChI=1S/C7H14N2O/c1-2-8(7-10)9-5-3-4-6-9/h7H,2-6H2,1H3. The van der Waals surface area contributed by atoms with Crippen LogP contribution in [0.5, 0.6) is 0 Å². The number of hydrazine groups is 1. The molecule has 1 amide bonds. The van der Waals surface area contributed by atoms with Crippen LogP contribution in [0.15, 0.2) is 0 Å². The fraction of sp³-hybridized carbons (Fsp3) is 0.857. The van der Waals surface area contributed by atoms with E-state index in [0.29, 0.717) is 0 Å². The summed E-state index contributed by atoms with van der Waals surface area (Å²) in [4.78, 5) is 10.4. The van der Waals surface area contributed by atoms with Gasteiger partial charge >= 0.3 is 0 Å². The van der Waals surface area contributed by atoms with Gasteiger partial charge in [0.05, 0.1) is 0 Å². The van der Waals surface area contributed by atoms with Crippen LogP contribution >= 0.6 is 0 Å². The van der Waals surface area contributed by atoms with Crippen LogP contribution in [-0.4, -0.2) is 36.1 Å². The van der Waals surface area contributed by atoms with E-state index in [4.69, 9.17) is 0 Å². The lowest BCUT2D eigenvalue weighted by atomic mass is 10.4. The van der Waals surface area contributed by atoms with Crippen molar-refractivity contribution in [2.24, 2.45) is 0 Å². The minimum absolute atomic E-state index is 0.795. The first-order valence-corrected chi connectivity index (χ1v) is 3.85. The van der Waals surface area contributed by atoms with Gasteiger partial charge in [0.2, 0.25) is 6.41 Å². The number of carbonyl (C=O) groups excluding carboxylic acids is 1. The van der Waals surface area contributed by atoms with E-state index in [1.54, 1.807) is 5.01 Å². The third kappa shape index (κ3) is 1.48. The molecule has 10 heavy (non-hydrogen) atoms. The Morgan fingerprint density at radius 3 is 2.50 bits per heavy atom. The van der Waals surface area contributed by atoms with Crippen LogP contribution in [0.3, 0.4) is 0 Å². The SMILES string of the molecule is CCN(C=O)N1CCCC1. The smallest absolute Gasteiger partial charge is 0.224 e. The summed E-state index contributed by atoms with van der Waals surface area (Å²) in [7, 11) is 0. The van der Waals surface area contributed by atoms with E-state index in [2.05, 4.69) is 5.01 Å².